The van der Waals surface area contributed by atoms with E-state index in [1.54, 1.807) is 38.1 Å². The minimum absolute atomic E-state index is 0.124. The van der Waals surface area contributed by atoms with Crippen molar-refractivity contribution < 1.29 is 29.0 Å². The van der Waals surface area contributed by atoms with Crippen LogP contribution in [0.4, 0.5) is 5.69 Å². The lowest BCUT2D eigenvalue weighted by Gasteiger charge is -2.16. The first kappa shape index (κ1) is 21.1. The van der Waals surface area contributed by atoms with E-state index >= 15 is 0 Å². The van der Waals surface area contributed by atoms with Crippen molar-refractivity contribution in [2.75, 3.05) is 19.5 Å². The van der Waals surface area contributed by atoms with Gasteiger partial charge in [-0.05, 0) is 60.4 Å². The quantitative estimate of drug-likeness (QED) is 0.580. The number of fused-ring (bicyclic) bond motifs is 1. The molecule has 0 unspecified atom stereocenters. The first-order valence-electron chi connectivity index (χ1n) is 9.33. The van der Waals surface area contributed by atoms with Gasteiger partial charge in [-0.3, -0.25) is 14.4 Å². The van der Waals surface area contributed by atoms with Gasteiger partial charge in [0, 0.05) is 18.9 Å². The summed E-state index contributed by atoms with van der Waals surface area (Å²) in [5.41, 5.74) is 3.79. The lowest BCUT2D eigenvalue weighted by Crippen LogP contribution is -2.22. The Morgan fingerprint density at radius 3 is 2.27 bits per heavy atom. The zero-order valence-electron chi connectivity index (χ0n) is 17.5. The normalized spacial score (nSPS) is 13.9. The summed E-state index contributed by atoms with van der Waals surface area (Å²) < 4.78 is 10.7. The van der Waals surface area contributed by atoms with Crippen LogP contribution in [0.1, 0.15) is 39.5 Å². The van der Waals surface area contributed by atoms with Crippen molar-refractivity contribution in [2.24, 2.45) is 0 Å². The Labute approximate surface area is 174 Å². The average molecular weight is 409 g/mol. The van der Waals surface area contributed by atoms with E-state index in [-0.39, 0.29) is 28.5 Å². The van der Waals surface area contributed by atoms with Gasteiger partial charge in [-0.1, -0.05) is 0 Å². The molecule has 2 aromatic rings. The van der Waals surface area contributed by atoms with Gasteiger partial charge >= 0.3 is 0 Å². The van der Waals surface area contributed by atoms with Gasteiger partial charge in [0.2, 0.25) is 5.78 Å². The van der Waals surface area contributed by atoms with Crippen LogP contribution in [-0.4, -0.2) is 36.8 Å². The van der Waals surface area contributed by atoms with Crippen LogP contribution in [0.2, 0.25) is 0 Å². The van der Waals surface area contributed by atoms with Gasteiger partial charge in [-0.2, -0.15) is 0 Å². The molecule has 0 radical (unpaired) electrons. The standard InChI is InChI=1S/C23H23NO6/c1-11-6-14(7-12(2)20(11)26)8-16-9-15-10-17(29-4)22(30-5)19(18(15)21(16)27)24-23(28)13(3)25/h6-8,10,26H,9H2,1-5H3,(H,24,28). The summed E-state index contributed by atoms with van der Waals surface area (Å²) in [6, 6.07) is 5.29. The number of phenols is 1. The zero-order valence-corrected chi connectivity index (χ0v) is 17.5. The molecular weight excluding hydrogens is 386 g/mol. The number of Topliss-reactive ketones (excluding diaryl/α,β-unsaturated/α-hetero) is 2. The molecule has 7 heteroatoms. The number of carbonyl (C=O) groups is 3. The monoisotopic (exact) mass is 409 g/mol. The molecule has 0 saturated carbocycles. The molecular formula is C23H23NO6. The number of hydrogen-bond donors (Lipinski definition) is 2. The maximum Gasteiger partial charge on any atom is 0.291 e. The second kappa shape index (κ2) is 8.02. The zero-order chi connectivity index (χ0) is 22.2. The van der Waals surface area contributed by atoms with Gasteiger partial charge in [0.25, 0.3) is 5.91 Å². The number of methoxy groups -OCH3 is 2. The SMILES string of the molecule is COc1cc2c(c(NC(=O)C(C)=O)c1OC)C(=O)C(=Cc1cc(C)c(O)c(C)c1)C2. The van der Waals surface area contributed by atoms with E-state index in [1.165, 1.54) is 14.2 Å². The number of anilines is 1. The molecule has 0 spiro atoms. The summed E-state index contributed by atoms with van der Waals surface area (Å²) in [6.45, 7) is 4.73. The predicted octanol–water partition coefficient (Wildman–Crippen LogP) is 3.38. The first-order chi connectivity index (χ1) is 14.2. The largest absolute Gasteiger partial charge is 0.507 e. The van der Waals surface area contributed by atoms with Crippen molar-refractivity contribution in [3.8, 4) is 17.2 Å². The van der Waals surface area contributed by atoms with Crippen molar-refractivity contribution in [3.05, 3.63) is 51.6 Å². The molecule has 0 atom stereocenters. The topological polar surface area (TPSA) is 102 Å². The van der Waals surface area contributed by atoms with Gasteiger partial charge in [-0.15, -0.1) is 0 Å². The number of nitrogens with one attached hydrogen (secondary N) is 1. The van der Waals surface area contributed by atoms with Crippen LogP contribution in [0, 0.1) is 13.8 Å². The molecule has 0 aliphatic heterocycles. The number of carbonyl (C=O) groups excluding carboxylic acids is 3. The van der Waals surface area contributed by atoms with E-state index in [0.717, 1.165) is 12.5 Å². The highest BCUT2D eigenvalue weighted by Gasteiger charge is 2.33. The number of aromatic hydroxyl groups is 1. The van der Waals surface area contributed by atoms with Crippen LogP contribution in [0.3, 0.4) is 0 Å². The maximum absolute atomic E-state index is 13.2. The fraction of sp³-hybridized carbons (Fsp3) is 0.261. The third-order valence-electron chi connectivity index (χ3n) is 5.06. The first-order valence-corrected chi connectivity index (χ1v) is 9.33. The molecule has 7 nitrogen and oxygen atoms in total. The molecule has 0 aromatic heterocycles. The molecule has 0 heterocycles. The number of hydrogen-bond acceptors (Lipinski definition) is 6. The molecule has 1 amide bonds. The van der Waals surface area contributed by atoms with E-state index in [9.17, 15) is 19.5 Å². The van der Waals surface area contributed by atoms with E-state index in [2.05, 4.69) is 5.32 Å². The molecule has 1 aliphatic rings. The number of allylic oxidation sites excluding steroid dienone is 1. The average Bonchev–Trinajstić information content (AvgIpc) is 3.00. The van der Waals surface area contributed by atoms with Crippen LogP contribution in [0.15, 0.2) is 23.8 Å². The van der Waals surface area contributed by atoms with E-state index in [0.29, 0.717) is 34.4 Å². The number of aryl methyl sites for hydroxylation is 2. The summed E-state index contributed by atoms with van der Waals surface area (Å²) in [4.78, 5) is 36.8. The van der Waals surface area contributed by atoms with Gasteiger partial charge in [0.1, 0.15) is 5.75 Å². The minimum Gasteiger partial charge on any atom is -0.507 e. The third-order valence-corrected chi connectivity index (χ3v) is 5.06. The molecule has 0 bridgehead atoms. The van der Waals surface area contributed by atoms with E-state index in [1.807, 2.05) is 0 Å². The highest BCUT2D eigenvalue weighted by atomic mass is 16.5. The Balaban J connectivity index is 2.13. The Morgan fingerprint density at radius 2 is 1.73 bits per heavy atom. The van der Waals surface area contributed by atoms with Crippen molar-refractivity contribution in [3.63, 3.8) is 0 Å². The second-order valence-electron chi connectivity index (χ2n) is 7.21. The Bertz CT molecular complexity index is 1090. The molecule has 0 saturated heterocycles. The van der Waals surface area contributed by atoms with Crippen LogP contribution < -0.4 is 14.8 Å². The fourth-order valence-electron chi connectivity index (χ4n) is 3.60. The molecule has 2 aromatic carbocycles. The van der Waals surface area contributed by atoms with Gasteiger partial charge in [0.05, 0.1) is 25.5 Å². The summed E-state index contributed by atoms with van der Waals surface area (Å²) in [5.74, 6) is -1.06. The van der Waals surface area contributed by atoms with Crippen LogP contribution in [-0.2, 0) is 16.0 Å². The lowest BCUT2D eigenvalue weighted by molar-refractivity contribution is -0.133. The fourth-order valence-corrected chi connectivity index (χ4v) is 3.60. The maximum atomic E-state index is 13.2. The van der Waals surface area contributed by atoms with Crippen molar-refractivity contribution in [1.29, 1.82) is 0 Å². The number of amides is 1. The minimum atomic E-state index is -0.848. The van der Waals surface area contributed by atoms with Gasteiger partial charge in [-0.25, -0.2) is 0 Å². The van der Waals surface area contributed by atoms with E-state index in [4.69, 9.17) is 9.47 Å². The van der Waals surface area contributed by atoms with Crippen LogP contribution in [0.25, 0.3) is 6.08 Å². The summed E-state index contributed by atoms with van der Waals surface area (Å²) in [7, 11) is 2.85. The van der Waals surface area contributed by atoms with Gasteiger partial charge in [0.15, 0.2) is 17.3 Å². The Hall–Kier alpha value is -3.61. The Kier molecular flexibility index (Phi) is 5.64. The second-order valence-corrected chi connectivity index (χ2v) is 7.21. The summed E-state index contributed by atoms with van der Waals surface area (Å²) in [5, 5.41) is 12.5. The third kappa shape index (κ3) is 3.66. The van der Waals surface area contributed by atoms with Crippen molar-refractivity contribution in [2.45, 2.75) is 27.2 Å². The predicted molar refractivity (Wildman–Crippen MR) is 112 cm³/mol. The summed E-state index contributed by atoms with van der Waals surface area (Å²) in [6.07, 6.45) is 2.09. The smallest absolute Gasteiger partial charge is 0.291 e. The molecule has 2 N–H and O–H groups in total. The Morgan fingerprint density at radius 1 is 1.10 bits per heavy atom. The molecule has 30 heavy (non-hydrogen) atoms. The number of ether oxygens (including phenoxy) is 2. The summed E-state index contributed by atoms with van der Waals surface area (Å²) >= 11 is 0. The molecule has 156 valence electrons. The van der Waals surface area contributed by atoms with E-state index < -0.39 is 11.7 Å². The van der Waals surface area contributed by atoms with Crippen LogP contribution >= 0.6 is 0 Å². The number of phenolic OH excluding ortho intramolecular Hbond substituents is 1. The number of benzene rings is 2. The van der Waals surface area contributed by atoms with Crippen LogP contribution in [0.5, 0.6) is 17.2 Å². The molecule has 1 aliphatic carbocycles. The van der Waals surface area contributed by atoms with Crippen molar-refractivity contribution >= 4 is 29.2 Å². The molecule has 0 fully saturated rings. The highest BCUT2D eigenvalue weighted by molar-refractivity contribution is 6.40. The number of rotatable bonds is 5. The molecule has 3 rings (SSSR count). The van der Waals surface area contributed by atoms with Gasteiger partial charge < -0.3 is 19.9 Å². The lowest BCUT2D eigenvalue weighted by atomic mass is 10.0. The van der Waals surface area contributed by atoms with Crippen molar-refractivity contribution in [1.82, 2.24) is 0 Å². The number of ketones is 2. The highest BCUT2D eigenvalue weighted by Crippen LogP contribution is 2.45.